The van der Waals surface area contributed by atoms with E-state index in [0.29, 0.717) is 0 Å². The second-order valence-corrected chi connectivity index (χ2v) is 9.01. The highest BCUT2D eigenvalue weighted by Gasteiger charge is 2.13. The molecule has 0 radical (unpaired) electrons. The lowest BCUT2D eigenvalue weighted by atomic mass is 9.89. The number of fused-ring (bicyclic) bond motifs is 8. The lowest BCUT2D eigenvalue weighted by Crippen LogP contribution is -1.88. The number of hydrogen-bond donors (Lipinski definition) is 0. The number of para-hydroxylation sites is 1. The highest BCUT2D eigenvalue weighted by Crippen LogP contribution is 2.40. The van der Waals surface area contributed by atoms with Crippen LogP contribution < -0.4 is 0 Å². The van der Waals surface area contributed by atoms with E-state index in [-0.39, 0.29) is 10.8 Å². The summed E-state index contributed by atoms with van der Waals surface area (Å²) < 4.78 is 219. The molecule has 0 aliphatic carbocycles. The third-order valence-electron chi connectivity index (χ3n) is 6.70. The smallest absolute Gasteiger partial charge is 0.135 e. The van der Waals surface area contributed by atoms with Crippen molar-refractivity contribution in [2.75, 3.05) is 0 Å². The average molecular weight is 545 g/mol. The summed E-state index contributed by atoms with van der Waals surface area (Å²) in [6.45, 7) is 0. The van der Waals surface area contributed by atoms with Crippen molar-refractivity contribution in [3.05, 3.63) is 145 Å². The van der Waals surface area contributed by atoms with Crippen LogP contribution in [0.4, 0.5) is 0 Å². The highest BCUT2D eigenvalue weighted by atomic mass is 16.3. The van der Waals surface area contributed by atoms with E-state index in [2.05, 4.69) is 0 Å². The molecular weight excluding hydrogens is 496 g/mol. The van der Waals surface area contributed by atoms with Crippen LogP contribution in [0.1, 0.15) is 32.9 Å². The maximum absolute atomic E-state index is 9.60. The zero-order valence-electron chi connectivity index (χ0n) is 44.4. The van der Waals surface area contributed by atoms with Gasteiger partial charge in [0.2, 0.25) is 0 Å². The lowest BCUT2D eigenvalue weighted by molar-refractivity contribution is 0.669. The molecule has 8 aromatic carbocycles. The van der Waals surface area contributed by atoms with Crippen molar-refractivity contribution in [1.82, 2.24) is 0 Å². The van der Waals surface area contributed by atoms with E-state index in [1.54, 1.807) is 0 Å². The summed E-state index contributed by atoms with van der Waals surface area (Å²) in [6.07, 6.45) is 0. The minimum absolute atomic E-state index is 0.340. The molecule has 0 aliphatic heterocycles. The van der Waals surface area contributed by atoms with Gasteiger partial charge >= 0.3 is 0 Å². The van der Waals surface area contributed by atoms with Crippen LogP contribution in [0, 0.1) is 0 Å². The fraction of sp³-hybridized carbons (Fsp3) is 0. The van der Waals surface area contributed by atoms with Gasteiger partial charge in [-0.05, 0) is 102 Å². The van der Waals surface area contributed by atoms with Crippen LogP contribution in [-0.4, -0.2) is 0 Å². The first-order valence-corrected chi connectivity index (χ1v) is 12.2. The molecular formula is C40H24O. The van der Waals surface area contributed by atoms with E-state index in [4.69, 9.17) is 25.0 Å². The van der Waals surface area contributed by atoms with Crippen molar-refractivity contribution in [2.24, 2.45) is 0 Å². The van der Waals surface area contributed by atoms with Crippen molar-refractivity contribution in [3.8, 4) is 22.3 Å². The van der Waals surface area contributed by atoms with Crippen LogP contribution in [0.2, 0.25) is 0 Å². The first-order chi connectivity index (χ1) is 30.3. The summed E-state index contributed by atoms with van der Waals surface area (Å²) in [4.78, 5) is 0. The fourth-order valence-corrected chi connectivity index (χ4v) is 4.87. The highest BCUT2D eigenvalue weighted by molar-refractivity contribution is 6.20. The Morgan fingerprint density at radius 3 is 1.83 bits per heavy atom. The Balaban J connectivity index is 1.50. The van der Waals surface area contributed by atoms with E-state index in [0.717, 1.165) is 0 Å². The summed E-state index contributed by atoms with van der Waals surface area (Å²) in [5.74, 6) is 0. The summed E-state index contributed by atoms with van der Waals surface area (Å²) in [5.41, 5.74) is -3.61. The van der Waals surface area contributed by atoms with Gasteiger partial charge in [0.15, 0.2) is 0 Å². The van der Waals surface area contributed by atoms with Gasteiger partial charge in [-0.1, -0.05) is 109 Å². The van der Waals surface area contributed by atoms with Crippen LogP contribution in [0.15, 0.2) is 149 Å². The van der Waals surface area contributed by atoms with E-state index >= 15 is 0 Å². The van der Waals surface area contributed by atoms with Crippen LogP contribution >= 0.6 is 0 Å². The molecule has 0 unspecified atom stereocenters. The molecule has 1 heteroatoms. The molecule has 0 N–H and O–H groups in total. The second-order valence-electron chi connectivity index (χ2n) is 9.01. The zero-order chi connectivity index (χ0) is 47.8. The summed E-state index contributed by atoms with van der Waals surface area (Å²) >= 11 is 0. The molecule has 1 heterocycles. The van der Waals surface area contributed by atoms with Gasteiger partial charge in [0.1, 0.15) is 11.2 Å². The molecule has 41 heavy (non-hydrogen) atoms. The Morgan fingerprint density at radius 1 is 0.341 bits per heavy atom. The van der Waals surface area contributed by atoms with Gasteiger partial charge in [-0.2, -0.15) is 0 Å². The third kappa shape index (κ3) is 3.43. The van der Waals surface area contributed by atoms with E-state index in [9.17, 15) is 12.3 Å². The zero-order valence-corrected chi connectivity index (χ0v) is 20.4. The quantitative estimate of drug-likeness (QED) is 0.156. The number of rotatable bonds is 2. The van der Waals surface area contributed by atoms with E-state index in [1.165, 1.54) is 0 Å². The van der Waals surface area contributed by atoms with Gasteiger partial charge in [0.05, 0.1) is 32.9 Å². The number of furan rings is 1. The normalized spacial score (nSPS) is 20.1. The Bertz CT molecular complexity index is 3820. The minimum Gasteiger partial charge on any atom is -0.456 e. The molecule has 1 nitrogen and oxygen atoms in total. The van der Waals surface area contributed by atoms with Crippen molar-refractivity contribution < 1.29 is 37.3 Å². The molecule has 0 spiro atoms. The van der Waals surface area contributed by atoms with Crippen molar-refractivity contribution in [2.45, 2.75) is 0 Å². The molecule has 9 rings (SSSR count). The second kappa shape index (κ2) is 8.55. The first kappa shape index (κ1) is 9.33. The lowest BCUT2D eigenvalue weighted by Gasteiger charge is -2.15. The average Bonchev–Trinajstić information content (AvgIpc) is 3.68. The Hall–Kier alpha value is -5.40. The molecule has 9 aromatic rings. The standard InChI is InChI=1S/C40H24O/c1-3-9-32-25(7-1)17-19-35-36(32)24-30-8-2-4-10-33(30)40(35)31-16-15-26-21-27(13-14-28(26)22-31)29-18-20-39-37(23-29)34-11-5-6-12-38(34)41-39/h1-24H/i1D,2D,3D,4D,5D,6D,7D,8D,9D,10D,11D,12D,13D,14D,15D,16D,17D,18D,19D,20D,21D,22D,23D,24D. The summed E-state index contributed by atoms with van der Waals surface area (Å²) in [6, 6.07) is -19.6. The van der Waals surface area contributed by atoms with Crippen LogP contribution in [0.25, 0.3) is 87.3 Å². The van der Waals surface area contributed by atoms with Crippen molar-refractivity contribution in [1.29, 1.82) is 0 Å². The molecule has 0 aliphatic rings. The monoisotopic (exact) mass is 544 g/mol. The first-order valence-electron chi connectivity index (χ1n) is 24.2. The predicted molar refractivity (Wildman–Crippen MR) is 175 cm³/mol. The van der Waals surface area contributed by atoms with Gasteiger partial charge in [-0.25, -0.2) is 0 Å². The maximum Gasteiger partial charge on any atom is 0.135 e. The molecule has 0 atom stereocenters. The Kier molecular flexibility index (Phi) is 1.94. The largest absolute Gasteiger partial charge is 0.456 e. The van der Waals surface area contributed by atoms with E-state index in [1.807, 2.05) is 0 Å². The predicted octanol–water partition coefficient (Wildman–Crippen LogP) is 11.5. The summed E-state index contributed by atoms with van der Waals surface area (Å²) in [5, 5.41) is -5.31. The molecule has 0 amide bonds. The SMILES string of the molecule is [2H]c1c([2H])c([2H])c2c(oc3c([2H])c([2H])c(-c4c([2H])c([2H])c5c([2H])c(-c6c7c([2H])c([2H])c([2H])c([2H])c7c([2H])c7c6c([2H])c([2H])c6c([2H])c([2H])c([2H])c([2H])c67)c([2H])c([2H])c5c4[2H])c([2H])c32)c1[2H]. The molecule has 0 saturated heterocycles. The van der Waals surface area contributed by atoms with Crippen LogP contribution in [-0.2, 0) is 0 Å². The summed E-state index contributed by atoms with van der Waals surface area (Å²) in [7, 11) is 0. The Labute approximate surface area is 270 Å². The minimum atomic E-state index is -0.974. The van der Waals surface area contributed by atoms with Crippen LogP contribution in [0.5, 0.6) is 0 Å². The molecule has 1 aromatic heterocycles. The van der Waals surface area contributed by atoms with Gasteiger partial charge in [0.25, 0.3) is 0 Å². The molecule has 190 valence electrons. The fourth-order valence-electron chi connectivity index (χ4n) is 4.87. The third-order valence-corrected chi connectivity index (χ3v) is 6.70. The topological polar surface area (TPSA) is 13.1 Å². The molecule has 0 bridgehead atoms. The molecule has 0 fully saturated rings. The number of hydrogen-bond acceptors (Lipinski definition) is 1. The molecule has 0 saturated carbocycles. The van der Waals surface area contributed by atoms with Gasteiger partial charge in [-0.15, -0.1) is 0 Å². The maximum atomic E-state index is 9.60. The van der Waals surface area contributed by atoms with Crippen molar-refractivity contribution >= 4 is 65.0 Å². The van der Waals surface area contributed by atoms with Crippen LogP contribution in [0.3, 0.4) is 0 Å². The Morgan fingerprint density at radius 2 is 0.951 bits per heavy atom. The van der Waals surface area contributed by atoms with Crippen molar-refractivity contribution in [3.63, 3.8) is 0 Å². The number of benzene rings is 8. The van der Waals surface area contributed by atoms with E-state index < -0.39 is 222 Å². The van der Waals surface area contributed by atoms with Gasteiger partial charge in [-0.3, -0.25) is 0 Å². The van der Waals surface area contributed by atoms with Gasteiger partial charge in [0, 0.05) is 10.8 Å². The van der Waals surface area contributed by atoms with Gasteiger partial charge < -0.3 is 4.42 Å².